The Hall–Kier alpha value is -2.38. The van der Waals surface area contributed by atoms with E-state index in [1.807, 2.05) is 50.0 Å². The number of hydrogen-bond donors (Lipinski definition) is 0. The van der Waals surface area contributed by atoms with Gasteiger partial charge in [-0.05, 0) is 16.8 Å². The van der Waals surface area contributed by atoms with E-state index in [1.165, 1.54) is 0 Å². The maximum atomic E-state index is 11.8. The molecule has 0 bridgehead atoms. The van der Waals surface area contributed by atoms with Crippen molar-refractivity contribution in [2.24, 2.45) is 0 Å². The third-order valence-corrected chi connectivity index (χ3v) is 3.67. The highest BCUT2D eigenvalue weighted by molar-refractivity contribution is 6.84. The fraction of sp³-hybridized carbons (Fsp3) is 0.176. The molecule has 0 saturated carbocycles. The fourth-order valence-corrected chi connectivity index (χ4v) is 2.33. The van der Waals surface area contributed by atoms with E-state index in [9.17, 15) is 9.59 Å². The summed E-state index contributed by atoms with van der Waals surface area (Å²) in [6.07, 6.45) is 0.705. The lowest BCUT2D eigenvalue weighted by atomic mass is 10.0. The molecule has 0 spiro atoms. The van der Waals surface area contributed by atoms with Gasteiger partial charge in [0.1, 0.15) is 13.8 Å². The minimum absolute atomic E-state index is 0.249. The molecule has 0 aliphatic heterocycles. The Kier molecular flexibility index (Phi) is 4.25. The van der Waals surface area contributed by atoms with Crippen LogP contribution in [0.25, 0.3) is 10.8 Å². The number of carbonyl (C=O) groups is 2. The van der Waals surface area contributed by atoms with Gasteiger partial charge in [-0.1, -0.05) is 50.0 Å². The summed E-state index contributed by atoms with van der Waals surface area (Å²) in [5, 5.41) is 1.68. The van der Waals surface area contributed by atoms with Crippen LogP contribution in [-0.2, 0) is 4.79 Å². The van der Waals surface area contributed by atoms with Gasteiger partial charge in [0.2, 0.25) is 0 Å². The Morgan fingerprint density at radius 3 is 2.52 bits per heavy atom. The molecule has 0 amide bonds. The van der Waals surface area contributed by atoms with Crippen LogP contribution in [0.4, 0.5) is 0 Å². The van der Waals surface area contributed by atoms with Gasteiger partial charge < -0.3 is 4.74 Å². The maximum absolute atomic E-state index is 11.8. The summed E-state index contributed by atoms with van der Waals surface area (Å²) >= 11 is 0. The minimum atomic E-state index is -1.63. The molecule has 0 N–H and O–H groups in total. The summed E-state index contributed by atoms with van der Waals surface area (Å²) < 4.78 is 5.22. The van der Waals surface area contributed by atoms with E-state index < -0.39 is 14.0 Å². The number of benzene rings is 2. The molecule has 0 aliphatic carbocycles. The zero-order valence-corrected chi connectivity index (χ0v) is 13.3. The van der Waals surface area contributed by atoms with E-state index in [0.29, 0.717) is 11.8 Å². The Bertz CT molecular complexity index is 761. The number of carbonyl (C=O) groups excluding carboxylic acids is 2. The van der Waals surface area contributed by atoms with E-state index in [-0.39, 0.29) is 5.75 Å². The molecule has 2 aromatic rings. The van der Waals surface area contributed by atoms with Crippen LogP contribution in [0, 0.1) is 11.5 Å². The molecule has 3 nitrogen and oxygen atoms in total. The molecular weight excluding hydrogens is 280 g/mol. The van der Waals surface area contributed by atoms with Crippen molar-refractivity contribution in [3.63, 3.8) is 0 Å². The van der Waals surface area contributed by atoms with Crippen molar-refractivity contribution in [1.82, 2.24) is 0 Å². The summed E-state index contributed by atoms with van der Waals surface area (Å²) in [4.78, 5) is 23.1. The normalized spacial score (nSPS) is 10.6. The van der Waals surface area contributed by atoms with Crippen molar-refractivity contribution in [1.29, 1.82) is 0 Å². The first kappa shape index (κ1) is 15.0. The molecule has 0 aromatic heterocycles. The fourth-order valence-electron chi connectivity index (χ4n) is 1.85. The van der Waals surface area contributed by atoms with Crippen molar-refractivity contribution in [2.75, 3.05) is 0 Å². The van der Waals surface area contributed by atoms with Crippen molar-refractivity contribution in [3.8, 4) is 17.2 Å². The van der Waals surface area contributed by atoms with Crippen LogP contribution in [0.2, 0.25) is 19.6 Å². The summed E-state index contributed by atoms with van der Waals surface area (Å²) in [6.45, 7) is 6.13. The minimum Gasteiger partial charge on any atom is -0.416 e. The molecule has 0 fully saturated rings. The molecule has 21 heavy (non-hydrogen) atoms. The van der Waals surface area contributed by atoms with E-state index >= 15 is 0 Å². The number of aldehydes is 1. The van der Waals surface area contributed by atoms with Crippen LogP contribution < -0.4 is 4.74 Å². The Morgan fingerprint density at radius 2 is 1.86 bits per heavy atom. The lowest BCUT2D eigenvalue weighted by molar-refractivity contribution is -0.128. The zero-order chi connectivity index (χ0) is 15.5. The van der Waals surface area contributed by atoms with Gasteiger partial charge in [-0.3, -0.25) is 4.79 Å². The molecule has 0 atom stereocenters. The Balaban J connectivity index is 2.36. The second kappa shape index (κ2) is 5.94. The van der Waals surface area contributed by atoms with Gasteiger partial charge in [0.25, 0.3) is 0 Å². The summed E-state index contributed by atoms with van der Waals surface area (Å²) in [6, 6.07) is 10.9. The molecule has 0 aliphatic rings. The van der Waals surface area contributed by atoms with E-state index in [2.05, 4.69) is 11.5 Å². The van der Waals surface area contributed by atoms with E-state index in [4.69, 9.17) is 4.74 Å². The summed E-state index contributed by atoms with van der Waals surface area (Å²) in [5.41, 5.74) is 3.31. The monoisotopic (exact) mass is 296 g/mol. The molecule has 106 valence electrons. The second-order valence-electron chi connectivity index (χ2n) is 5.71. The largest absolute Gasteiger partial charge is 0.416 e. The number of ether oxygens (including phenoxy) is 1. The molecule has 0 unspecified atom stereocenters. The summed E-state index contributed by atoms with van der Waals surface area (Å²) in [5.74, 6) is 2.12. The Morgan fingerprint density at radius 1 is 1.14 bits per heavy atom. The predicted octanol–water partition coefficient (Wildman–Crippen LogP) is 3.44. The first-order valence-corrected chi connectivity index (χ1v) is 10.1. The molecule has 2 aromatic carbocycles. The van der Waals surface area contributed by atoms with Crippen molar-refractivity contribution in [2.45, 2.75) is 19.6 Å². The van der Waals surface area contributed by atoms with Gasteiger partial charge in [-0.25, -0.2) is 4.79 Å². The molecule has 4 heteroatoms. The van der Waals surface area contributed by atoms with Gasteiger partial charge in [-0.15, -0.1) is 5.54 Å². The molecule has 2 rings (SSSR count). The predicted molar refractivity (Wildman–Crippen MR) is 86.1 cm³/mol. The van der Waals surface area contributed by atoms with Crippen LogP contribution in [0.15, 0.2) is 36.4 Å². The average Bonchev–Trinajstić information content (AvgIpc) is 2.44. The molecule has 0 heterocycles. The smallest absolute Gasteiger partial charge is 0.389 e. The first-order chi connectivity index (χ1) is 9.90. The number of esters is 1. The lowest BCUT2D eigenvalue weighted by Crippen LogP contribution is -2.18. The van der Waals surface area contributed by atoms with Crippen LogP contribution >= 0.6 is 0 Å². The van der Waals surface area contributed by atoms with Crippen LogP contribution in [-0.4, -0.2) is 20.3 Å². The quantitative estimate of drug-likeness (QED) is 0.280. The molecule has 0 radical (unpaired) electrons. The van der Waals surface area contributed by atoms with E-state index in [0.717, 1.165) is 10.8 Å². The van der Waals surface area contributed by atoms with Crippen molar-refractivity contribution in [3.05, 3.63) is 42.0 Å². The van der Waals surface area contributed by atoms with Crippen LogP contribution in [0.5, 0.6) is 5.75 Å². The van der Waals surface area contributed by atoms with Gasteiger partial charge in [0, 0.05) is 5.92 Å². The lowest BCUT2D eigenvalue weighted by Gasteiger charge is -2.07. The maximum Gasteiger partial charge on any atom is 0.389 e. The van der Waals surface area contributed by atoms with Crippen molar-refractivity contribution < 1.29 is 14.3 Å². The first-order valence-electron chi connectivity index (χ1n) is 6.62. The SMILES string of the molecule is C[Si](C)(C)C#CC(=O)Oc1ccc2ccccc2c1C=O. The highest BCUT2D eigenvalue weighted by Crippen LogP contribution is 2.26. The standard InChI is InChI=1S/C17H16O3Si/c1-21(2,3)11-10-17(19)20-16-9-8-13-6-4-5-7-14(13)15(16)12-18/h4-9,12H,1-3H3. The van der Waals surface area contributed by atoms with Crippen molar-refractivity contribution >= 4 is 31.1 Å². The number of fused-ring (bicyclic) bond motifs is 1. The highest BCUT2D eigenvalue weighted by atomic mass is 28.3. The second-order valence-corrected chi connectivity index (χ2v) is 10.5. The van der Waals surface area contributed by atoms with Gasteiger partial charge >= 0.3 is 5.97 Å². The number of hydrogen-bond acceptors (Lipinski definition) is 3. The molecular formula is C17H16O3Si. The van der Waals surface area contributed by atoms with Gasteiger partial charge in [0.15, 0.2) is 6.29 Å². The molecule has 0 saturated heterocycles. The third-order valence-electron chi connectivity index (χ3n) is 2.79. The average molecular weight is 296 g/mol. The van der Waals surface area contributed by atoms with Gasteiger partial charge in [-0.2, -0.15) is 0 Å². The van der Waals surface area contributed by atoms with Crippen LogP contribution in [0.3, 0.4) is 0 Å². The van der Waals surface area contributed by atoms with Gasteiger partial charge in [0.05, 0.1) is 5.56 Å². The Labute approximate surface area is 124 Å². The zero-order valence-electron chi connectivity index (χ0n) is 12.3. The third kappa shape index (κ3) is 3.80. The summed E-state index contributed by atoms with van der Waals surface area (Å²) in [7, 11) is -1.63. The number of rotatable bonds is 2. The topological polar surface area (TPSA) is 43.4 Å². The highest BCUT2D eigenvalue weighted by Gasteiger charge is 2.12. The van der Waals surface area contributed by atoms with Crippen LogP contribution in [0.1, 0.15) is 10.4 Å². The van der Waals surface area contributed by atoms with E-state index in [1.54, 1.807) is 6.07 Å².